The number of hydrogen-bond donors (Lipinski definition) is 1. The van der Waals surface area contributed by atoms with Crippen molar-refractivity contribution in [2.75, 3.05) is 0 Å². The number of hydrogen-bond acceptors (Lipinski definition) is 7. The highest BCUT2D eigenvalue weighted by molar-refractivity contribution is 7.23. The van der Waals surface area contributed by atoms with Crippen molar-refractivity contribution >= 4 is 54.6 Å². The van der Waals surface area contributed by atoms with E-state index in [1.807, 2.05) is 18.2 Å². The van der Waals surface area contributed by atoms with E-state index < -0.39 is 5.41 Å². The average molecular weight is 950 g/mol. The van der Waals surface area contributed by atoms with Crippen molar-refractivity contribution in [3.63, 3.8) is 0 Å². The molecule has 6 nitrogen and oxygen atoms in total. The highest BCUT2D eigenvalue weighted by atomic mass is 32.1. The van der Waals surface area contributed by atoms with Crippen molar-refractivity contribution in [1.82, 2.24) is 15.0 Å². The molecule has 0 saturated carbocycles. The summed E-state index contributed by atoms with van der Waals surface area (Å²) in [6.07, 6.45) is 1.70. The van der Waals surface area contributed by atoms with E-state index in [1.54, 1.807) is 17.7 Å². The molecule has 0 spiro atoms. The largest absolute Gasteiger partial charge is 0.507 e. The Bertz CT molecular complexity index is 3830. The molecule has 0 atom stereocenters. The van der Waals surface area contributed by atoms with Crippen LogP contribution in [0.5, 0.6) is 5.75 Å². The lowest BCUT2D eigenvalue weighted by molar-refractivity contribution is 0.446. The van der Waals surface area contributed by atoms with E-state index in [2.05, 4.69) is 191 Å². The lowest BCUT2D eigenvalue weighted by atomic mass is 9.81. The second-order valence-electron chi connectivity index (χ2n) is 21.8. The van der Waals surface area contributed by atoms with Gasteiger partial charge < -0.3 is 13.9 Å². The van der Waals surface area contributed by atoms with Gasteiger partial charge in [-0.25, -0.2) is 15.0 Å². The maximum absolute atomic E-state index is 12.6. The van der Waals surface area contributed by atoms with Crippen LogP contribution in [0.15, 0.2) is 149 Å². The van der Waals surface area contributed by atoms with Gasteiger partial charge in [-0.1, -0.05) is 172 Å². The van der Waals surface area contributed by atoms with Gasteiger partial charge >= 0.3 is 0 Å². The van der Waals surface area contributed by atoms with E-state index in [1.165, 1.54) is 32.7 Å². The van der Waals surface area contributed by atoms with Gasteiger partial charge in [-0.05, 0) is 110 Å². The topological polar surface area (TPSA) is 85.2 Å². The second kappa shape index (κ2) is 17.2. The number of phenols is 1. The van der Waals surface area contributed by atoms with Crippen molar-refractivity contribution in [3.05, 3.63) is 168 Å². The van der Waals surface area contributed by atoms with E-state index in [4.69, 9.17) is 23.8 Å². The van der Waals surface area contributed by atoms with Crippen LogP contribution >= 0.6 is 11.3 Å². The number of aryl methyl sites for hydroxylation is 1. The second-order valence-corrected chi connectivity index (χ2v) is 22.8. The molecule has 1 N–H and O–H groups in total. The van der Waals surface area contributed by atoms with Gasteiger partial charge in [0.25, 0.3) is 0 Å². The normalized spacial score (nSPS) is 12.5. The van der Waals surface area contributed by atoms with Crippen molar-refractivity contribution in [3.8, 4) is 72.3 Å². The van der Waals surface area contributed by atoms with Crippen LogP contribution in [0.2, 0.25) is 0 Å². The summed E-state index contributed by atoms with van der Waals surface area (Å²) >= 11 is 1.74. The van der Waals surface area contributed by atoms with Gasteiger partial charge in [-0.2, -0.15) is 0 Å². The smallest absolute Gasteiger partial charge is 0.234 e. The fraction of sp³-hybridized carbons (Fsp3) is 0.234. The van der Waals surface area contributed by atoms with Gasteiger partial charge in [0.1, 0.15) is 28.7 Å². The van der Waals surface area contributed by atoms with E-state index in [-0.39, 0.29) is 23.0 Å². The SMILES string of the molecule is Cc1c(-c2ccccc2)sc2c(-c3cc(-c4ccc(-c5c(C(C)C)cc(-c6ccccc6)cc5C(C)C)c5oc(-c6c(O)c(C(C)(C)C)cc7c6oc6ccccc67)nc45)cc(C(C)(C)C)c3)ncnc12. The van der Waals surface area contributed by atoms with Crippen molar-refractivity contribution in [2.45, 2.75) is 98.8 Å². The summed E-state index contributed by atoms with van der Waals surface area (Å²) in [4.78, 5) is 16.6. The number of aromatic nitrogens is 3. The molecular formula is C64H59N3O3S. The molecule has 0 aliphatic rings. The van der Waals surface area contributed by atoms with E-state index in [0.29, 0.717) is 28.1 Å². The number of oxazole rings is 1. The Morgan fingerprint density at radius 3 is 1.85 bits per heavy atom. The lowest BCUT2D eigenvalue weighted by Crippen LogP contribution is -2.11. The minimum atomic E-state index is -0.411. The number of nitrogens with zero attached hydrogens (tertiary/aromatic N) is 3. The summed E-state index contributed by atoms with van der Waals surface area (Å²) in [5.74, 6) is 0.768. The fourth-order valence-electron chi connectivity index (χ4n) is 10.3. The third-order valence-corrected chi connectivity index (χ3v) is 15.5. The Morgan fingerprint density at radius 2 is 1.18 bits per heavy atom. The number of phenolic OH excluding ortho intramolecular Hbond substituents is 1. The number of furan rings is 1. The van der Waals surface area contributed by atoms with Gasteiger partial charge in [0.2, 0.25) is 5.89 Å². The zero-order valence-electron chi connectivity index (χ0n) is 42.4. The summed E-state index contributed by atoms with van der Waals surface area (Å²) in [6, 6.07) is 47.3. The number of benzene rings is 7. The van der Waals surface area contributed by atoms with E-state index >= 15 is 0 Å². The third-order valence-electron chi connectivity index (χ3n) is 14.2. The quantitative estimate of drug-likeness (QED) is 0.163. The predicted molar refractivity (Wildman–Crippen MR) is 297 cm³/mol. The summed E-state index contributed by atoms with van der Waals surface area (Å²) in [5, 5.41) is 14.4. The molecule has 0 aliphatic carbocycles. The van der Waals surface area contributed by atoms with Gasteiger partial charge in [-0.3, -0.25) is 0 Å². The number of para-hydroxylation sites is 1. The molecule has 4 heterocycles. The third kappa shape index (κ3) is 7.91. The van der Waals surface area contributed by atoms with Crippen LogP contribution in [0.25, 0.3) is 110 Å². The molecule has 11 aromatic rings. The standard InChI is InChI=1S/C64H59N3O3S/c1-35(2)47-31-40(38-20-14-12-15-21-38)32-48(36(3)4)52(47)46-27-26-44(56-59(46)70-62(67-56)53-57(68)50(64(9,10)11)33-49-45-24-18-19-25-51(45)69-58(49)53)41-28-42(30-43(29-41)63(6,7)8)55-61-54(65-34-66-55)37(5)60(71-61)39-22-16-13-17-23-39/h12-36,68H,1-11H3. The number of aromatic hydroxyl groups is 1. The monoisotopic (exact) mass is 949 g/mol. The molecule has 0 saturated heterocycles. The number of thiophene rings is 1. The van der Waals surface area contributed by atoms with Crippen LogP contribution in [0, 0.1) is 6.92 Å². The Morgan fingerprint density at radius 1 is 0.549 bits per heavy atom. The first kappa shape index (κ1) is 46.1. The molecule has 0 radical (unpaired) electrons. The molecule has 0 unspecified atom stereocenters. The van der Waals surface area contributed by atoms with Gasteiger partial charge in [-0.15, -0.1) is 11.3 Å². The first-order valence-electron chi connectivity index (χ1n) is 24.8. The highest BCUT2D eigenvalue weighted by Crippen LogP contribution is 2.51. The lowest BCUT2D eigenvalue weighted by Gasteiger charge is -2.23. The number of fused-ring (bicyclic) bond motifs is 5. The van der Waals surface area contributed by atoms with Crippen LogP contribution < -0.4 is 0 Å². The van der Waals surface area contributed by atoms with Crippen molar-refractivity contribution in [2.24, 2.45) is 0 Å². The fourth-order valence-corrected chi connectivity index (χ4v) is 11.6. The molecule has 0 aliphatic heterocycles. The molecule has 0 amide bonds. The molecule has 354 valence electrons. The summed E-state index contributed by atoms with van der Waals surface area (Å²) in [7, 11) is 0. The van der Waals surface area contributed by atoms with Gasteiger partial charge in [0, 0.05) is 37.9 Å². The van der Waals surface area contributed by atoms with Crippen molar-refractivity contribution < 1.29 is 13.9 Å². The van der Waals surface area contributed by atoms with Crippen LogP contribution in [0.4, 0.5) is 0 Å². The molecule has 71 heavy (non-hydrogen) atoms. The number of rotatable bonds is 8. The Labute approximate surface area is 420 Å². The highest BCUT2D eigenvalue weighted by Gasteiger charge is 2.31. The molecule has 7 heteroatoms. The first-order valence-corrected chi connectivity index (χ1v) is 25.6. The van der Waals surface area contributed by atoms with Crippen LogP contribution in [-0.4, -0.2) is 20.1 Å². The molecule has 4 aromatic heterocycles. The van der Waals surface area contributed by atoms with E-state index in [0.717, 1.165) is 76.8 Å². The molecular weight excluding hydrogens is 891 g/mol. The Hall–Kier alpha value is -7.35. The summed E-state index contributed by atoms with van der Waals surface area (Å²) < 4.78 is 15.1. The maximum Gasteiger partial charge on any atom is 0.234 e. The minimum Gasteiger partial charge on any atom is -0.507 e. The first-order chi connectivity index (χ1) is 34.0. The molecule has 11 rings (SSSR count). The Kier molecular flexibility index (Phi) is 11.2. The average Bonchev–Trinajstić information content (AvgIpc) is 4.06. The summed E-state index contributed by atoms with van der Waals surface area (Å²) in [5.41, 5.74) is 18.4. The zero-order chi connectivity index (χ0) is 49.7. The predicted octanol–water partition coefficient (Wildman–Crippen LogP) is 18.6. The van der Waals surface area contributed by atoms with Gasteiger partial charge in [0.05, 0.1) is 15.9 Å². The summed E-state index contributed by atoms with van der Waals surface area (Å²) in [6.45, 7) is 24.4. The van der Waals surface area contributed by atoms with Crippen LogP contribution in [0.1, 0.15) is 109 Å². The van der Waals surface area contributed by atoms with Crippen LogP contribution in [-0.2, 0) is 10.8 Å². The zero-order valence-corrected chi connectivity index (χ0v) is 43.3. The minimum absolute atomic E-state index is 0.0996. The molecule has 0 bridgehead atoms. The maximum atomic E-state index is 12.6. The Balaban J connectivity index is 1.22. The van der Waals surface area contributed by atoms with Crippen LogP contribution in [0.3, 0.4) is 0 Å². The van der Waals surface area contributed by atoms with Gasteiger partial charge in [0.15, 0.2) is 11.2 Å². The molecule has 0 fully saturated rings. The van der Waals surface area contributed by atoms with Crippen molar-refractivity contribution in [1.29, 1.82) is 0 Å². The molecule has 7 aromatic carbocycles. The van der Waals surface area contributed by atoms with E-state index in [9.17, 15) is 5.11 Å².